The standard InChI is InChI=1S/C7H5NS2.K/c9-7-5-3-1-2-4-6(5)10-8-7;/h1-4H,(H,8,9);/q;+1/p-1. The molecule has 50 valence electrons. The van der Waals surface area contributed by atoms with E-state index in [0.717, 1.165) is 10.4 Å². The third-order valence-corrected chi connectivity index (χ3v) is 2.60. The van der Waals surface area contributed by atoms with Crippen LogP contribution in [0.3, 0.4) is 0 Å². The number of rotatable bonds is 0. The maximum Gasteiger partial charge on any atom is 1.00 e. The molecule has 0 aliphatic rings. The van der Waals surface area contributed by atoms with Gasteiger partial charge in [0.1, 0.15) is 0 Å². The molecule has 1 aromatic carbocycles. The molecular formula is C7H4KNS2. The van der Waals surface area contributed by atoms with Crippen LogP contribution in [0.5, 0.6) is 0 Å². The summed E-state index contributed by atoms with van der Waals surface area (Å²) in [5.41, 5.74) is 0. The van der Waals surface area contributed by atoms with Crippen LogP contribution in [0.1, 0.15) is 0 Å². The zero-order chi connectivity index (χ0) is 6.97. The van der Waals surface area contributed by atoms with E-state index in [-0.39, 0.29) is 51.4 Å². The molecule has 1 aromatic heterocycles. The molecule has 1 nitrogen and oxygen atoms in total. The number of nitrogens with zero attached hydrogens (tertiary/aromatic N) is 1. The molecule has 0 aliphatic heterocycles. The summed E-state index contributed by atoms with van der Waals surface area (Å²) in [6.45, 7) is 0. The van der Waals surface area contributed by atoms with E-state index in [9.17, 15) is 0 Å². The van der Waals surface area contributed by atoms with Crippen LogP contribution in [0, 0.1) is 0 Å². The van der Waals surface area contributed by atoms with E-state index < -0.39 is 0 Å². The van der Waals surface area contributed by atoms with Crippen molar-refractivity contribution in [1.29, 1.82) is 0 Å². The monoisotopic (exact) mass is 205 g/mol. The van der Waals surface area contributed by atoms with Gasteiger partial charge in [-0.2, -0.15) is 0 Å². The van der Waals surface area contributed by atoms with Crippen molar-refractivity contribution >= 4 is 34.2 Å². The summed E-state index contributed by atoms with van der Waals surface area (Å²) in [5, 5.41) is 1.82. The molecule has 0 spiro atoms. The minimum absolute atomic E-state index is 0. The van der Waals surface area contributed by atoms with E-state index in [2.05, 4.69) is 4.37 Å². The second kappa shape index (κ2) is 4.27. The van der Waals surface area contributed by atoms with Crippen molar-refractivity contribution in [3.8, 4) is 0 Å². The second-order valence-electron chi connectivity index (χ2n) is 1.98. The van der Waals surface area contributed by atoms with Gasteiger partial charge in [0.05, 0.1) is 4.70 Å². The molecule has 0 N–H and O–H groups in total. The van der Waals surface area contributed by atoms with Crippen molar-refractivity contribution in [1.82, 2.24) is 4.37 Å². The number of aromatic nitrogens is 1. The molecule has 0 fully saturated rings. The Morgan fingerprint density at radius 1 is 1.27 bits per heavy atom. The molecule has 1 heterocycles. The molecule has 0 aliphatic carbocycles. The summed E-state index contributed by atoms with van der Waals surface area (Å²) in [6, 6.07) is 8.01. The van der Waals surface area contributed by atoms with E-state index in [1.165, 1.54) is 16.2 Å². The summed E-state index contributed by atoms with van der Waals surface area (Å²) in [6.07, 6.45) is 0. The molecule has 2 aromatic rings. The van der Waals surface area contributed by atoms with Gasteiger partial charge in [-0.25, -0.2) is 4.37 Å². The van der Waals surface area contributed by atoms with Gasteiger partial charge in [-0.15, -0.1) is 0 Å². The predicted octanol–water partition coefficient (Wildman–Crippen LogP) is -0.794. The maximum absolute atomic E-state index is 4.99. The largest absolute Gasteiger partial charge is 1.00 e. The Morgan fingerprint density at radius 3 is 2.73 bits per heavy atom. The molecule has 0 radical (unpaired) electrons. The van der Waals surface area contributed by atoms with Crippen molar-refractivity contribution in [2.24, 2.45) is 0 Å². The first kappa shape index (κ1) is 10.0. The third-order valence-electron chi connectivity index (χ3n) is 1.34. The van der Waals surface area contributed by atoms with Crippen molar-refractivity contribution in [2.45, 2.75) is 5.03 Å². The Morgan fingerprint density at radius 2 is 2.00 bits per heavy atom. The minimum atomic E-state index is 0. The van der Waals surface area contributed by atoms with E-state index in [1.807, 2.05) is 24.3 Å². The summed E-state index contributed by atoms with van der Waals surface area (Å²) < 4.78 is 5.23. The van der Waals surface area contributed by atoms with Crippen LogP contribution in [0.4, 0.5) is 0 Å². The Hall–Kier alpha value is 0.966. The van der Waals surface area contributed by atoms with Crippen LogP contribution >= 0.6 is 11.5 Å². The van der Waals surface area contributed by atoms with Crippen LogP contribution in [0.25, 0.3) is 10.1 Å². The predicted molar refractivity (Wildman–Crippen MR) is 45.3 cm³/mol. The molecule has 0 atom stereocenters. The molecule has 0 saturated heterocycles. The SMILES string of the molecule is [K+].[S-]c1nsc2ccccc12. The molecule has 0 amide bonds. The van der Waals surface area contributed by atoms with E-state index in [0.29, 0.717) is 0 Å². The number of hydrogen-bond donors (Lipinski definition) is 0. The minimum Gasteiger partial charge on any atom is -0.759 e. The molecular weight excluding hydrogens is 201 g/mol. The van der Waals surface area contributed by atoms with Crippen LogP contribution in [-0.2, 0) is 12.6 Å². The van der Waals surface area contributed by atoms with E-state index in [1.54, 1.807) is 0 Å². The first-order valence-electron chi connectivity index (χ1n) is 2.89. The fourth-order valence-electron chi connectivity index (χ4n) is 0.863. The van der Waals surface area contributed by atoms with Gasteiger partial charge in [0, 0.05) is 0 Å². The summed E-state index contributed by atoms with van der Waals surface area (Å²) in [4.78, 5) is 0. The zero-order valence-electron chi connectivity index (χ0n) is 6.07. The molecule has 4 heteroatoms. The second-order valence-corrected chi connectivity index (χ2v) is 3.18. The van der Waals surface area contributed by atoms with Gasteiger partial charge >= 0.3 is 51.4 Å². The Labute approximate surface area is 117 Å². The van der Waals surface area contributed by atoms with Gasteiger partial charge in [-0.1, -0.05) is 23.2 Å². The zero-order valence-corrected chi connectivity index (χ0v) is 10.8. The fourth-order valence-corrected chi connectivity index (χ4v) is 1.90. The summed E-state index contributed by atoms with van der Waals surface area (Å²) >= 11 is 6.45. The van der Waals surface area contributed by atoms with Gasteiger partial charge in [0.15, 0.2) is 0 Å². The van der Waals surface area contributed by atoms with Crippen LogP contribution in [-0.4, -0.2) is 4.37 Å². The van der Waals surface area contributed by atoms with Crippen LogP contribution in [0.15, 0.2) is 29.3 Å². The smallest absolute Gasteiger partial charge is 0.759 e. The van der Waals surface area contributed by atoms with Gasteiger partial charge in [-0.05, 0) is 23.0 Å². The van der Waals surface area contributed by atoms with Crippen molar-refractivity contribution in [3.05, 3.63) is 24.3 Å². The Kier molecular flexibility index (Phi) is 3.90. The van der Waals surface area contributed by atoms with Crippen LogP contribution in [0.2, 0.25) is 0 Å². The van der Waals surface area contributed by atoms with Gasteiger partial charge < -0.3 is 12.6 Å². The molecule has 0 saturated carbocycles. The Bertz CT molecular complexity index is 358. The summed E-state index contributed by atoms with van der Waals surface area (Å²) in [5.74, 6) is 0. The summed E-state index contributed by atoms with van der Waals surface area (Å²) in [7, 11) is 0. The number of hydrogen-bond acceptors (Lipinski definition) is 3. The first-order valence-corrected chi connectivity index (χ1v) is 4.07. The van der Waals surface area contributed by atoms with Crippen molar-refractivity contribution in [2.75, 3.05) is 0 Å². The number of fused-ring (bicyclic) bond motifs is 1. The molecule has 0 bridgehead atoms. The van der Waals surface area contributed by atoms with Gasteiger partial charge in [0.2, 0.25) is 0 Å². The fraction of sp³-hybridized carbons (Fsp3) is 0. The maximum atomic E-state index is 4.99. The molecule has 2 rings (SSSR count). The Balaban J connectivity index is 0.000000605. The normalized spacial score (nSPS) is 9.45. The number of benzene rings is 1. The van der Waals surface area contributed by atoms with Crippen molar-refractivity contribution in [3.63, 3.8) is 0 Å². The van der Waals surface area contributed by atoms with E-state index >= 15 is 0 Å². The van der Waals surface area contributed by atoms with Gasteiger partial charge in [-0.3, -0.25) is 0 Å². The first-order chi connectivity index (χ1) is 4.88. The van der Waals surface area contributed by atoms with Crippen LogP contribution < -0.4 is 51.4 Å². The average Bonchev–Trinajstić information content (AvgIpc) is 2.34. The quantitative estimate of drug-likeness (QED) is 0.413. The average molecular weight is 205 g/mol. The topological polar surface area (TPSA) is 12.9 Å². The molecule has 0 unspecified atom stereocenters. The van der Waals surface area contributed by atoms with Gasteiger partial charge in [0.25, 0.3) is 0 Å². The van der Waals surface area contributed by atoms with E-state index in [4.69, 9.17) is 12.6 Å². The third kappa shape index (κ3) is 2.01. The molecule has 11 heavy (non-hydrogen) atoms. The van der Waals surface area contributed by atoms with Crippen molar-refractivity contribution < 1.29 is 51.4 Å².